The Morgan fingerprint density at radius 3 is 2.72 bits per heavy atom. The normalized spacial score (nSPS) is 11.6. The quantitative estimate of drug-likeness (QED) is 0.623. The first kappa shape index (κ1) is 17.1. The smallest absolute Gasteiger partial charge is 0.356 e. The van der Waals surface area contributed by atoms with Crippen molar-refractivity contribution in [2.75, 3.05) is 11.6 Å². The van der Waals surface area contributed by atoms with E-state index in [9.17, 15) is 18.0 Å². The molecule has 0 fully saturated rings. The lowest BCUT2D eigenvalue weighted by atomic mass is 10.1. The molecule has 0 aliphatic rings. The Hall–Kier alpha value is -2.72. The molecule has 3 aromatic rings. The predicted octanol–water partition coefficient (Wildman–Crippen LogP) is 2.12. The number of hydrogen-bond acceptors (Lipinski definition) is 6. The number of aromatic amines is 1. The van der Waals surface area contributed by atoms with Gasteiger partial charge in [-0.05, 0) is 17.0 Å². The molecular formula is C15H13N3O5S2. The maximum absolute atomic E-state index is 12.6. The van der Waals surface area contributed by atoms with E-state index in [0.717, 1.165) is 22.3 Å². The molecule has 0 bridgehead atoms. The molecule has 0 spiro atoms. The molecule has 1 aromatic carbocycles. The van der Waals surface area contributed by atoms with Crippen molar-refractivity contribution in [3.63, 3.8) is 0 Å². The van der Waals surface area contributed by atoms with Gasteiger partial charge in [0.2, 0.25) is 0 Å². The molecule has 2 heterocycles. The summed E-state index contributed by atoms with van der Waals surface area (Å²) >= 11 is 1.15. The van der Waals surface area contributed by atoms with Crippen molar-refractivity contribution in [3.05, 3.63) is 46.6 Å². The molecule has 130 valence electrons. The van der Waals surface area contributed by atoms with Crippen molar-refractivity contribution in [3.8, 4) is 0 Å². The molecule has 3 N–H and O–H groups in total. The van der Waals surface area contributed by atoms with Gasteiger partial charge in [0.15, 0.2) is 15.5 Å². The van der Waals surface area contributed by atoms with Gasteiger partial charge in [-0.2, -0.15) is 5.10 Å². The van der Waals surface area contributed by atoms with Crippen molar-refractivity contribution in [2.45, 2.75) is 5.75 Å². The summed E-state index contributed by atoms with van der Waals surface area (Å²) in [6, 6.07) is 7.11. The second kappa shape index (κ2) is 6.30. The van der Waals surface area contributed by atoms with Gasteiger partial charge >= 0.3 is 5.97 Å². The zero-order valence-electron chi connectivity index (χ0n) is 12.9. The van der Waals surface area contributed by atoms with Gasteiger partial charge < -0.3 is 10.4 Å². The van der Waals surface area contributed by atoms with Gasteiger partial charge in [0.25, 0.3) is 5.91 Å². The van der Waals surface area contributed by atoms with E-state index in [4.69, 9.17) is 5.11 Å². The van der Waals surface area contributed by atoms with Crippen molar-refractivity contribution < 1.29 is 23.1 Å². The van der Waals surface area contributed by atoms with Gasteiger partial charge in [-0.3, -0.25) is 9.89 Å². The number of aromatic nitrogens is 2. The third-order valence-electron chi connectivity index (χ3n) is 3.41. The molecule has 8 nitrogen and oxygen atoms in total. The van der Waals surface area contributed by atoms with Crippen molar-refractivity contribution in [2.24, 2.45) is 0 Å². The Bertz CT molecular complexity index is 1080. The van der Waals surface area contributed by atoms with Crippen LogP contribution in [-0.2, 0) is 15.6 Å². The van der Waals surface area contributed by atoms with E-state index in [2.05, 4.69) is 15.5 Å². The maximum atomic E-state index is 12.6. The van der Waals surface area contributed by atoms with E-state index in [1.54, 1.807) is 24.3 Å². The van der Waals surface area contributed by atoms with Gasteiger partial charge in [0.05, 0.1) is 22.5 Å². The summed E-state index contributed by atoms with van der Waals surface area (Å²) < 4.78 is 24.3. The van der Waals surface area contributed by atoms with Gasteiger partial charge in [-0.25, -0.2) is 13.2 Å². The van der Waals surface area contributed by atoms with Crippen LogP contribution in [0.15, 0.2) is 30.5 Å². The number of hydrogen-bond donors (Lipinski definition) is 3. The van der Waals surface area contributed by atoms with Gasteiger partial charge in [0, 0.05) is 11.0 Å². The lowest BCUT2D eigenvalue weighted by Gasteiger charge is -2.05. The molecule has 0 atom stereocenters. The van der Waals surface area contributed by atoms with Gasteiger partial charge in [-0.1, -0.05) is 18.2 Å². The third kappa shape index (κ3) is 3.54. The topological polar surface area (TPSA) is 129 Å². The highest BCUT2D eigenvalue weighted by Crippen LogP contribution is 2.33. The first-order chi connectivity index (χ1) is 11.8. The Morgan fingerprint density at radius 1 is 1.32 bits per heavy atom. The van der Waals surface area contributed by atoms with Crippen molar-refractivity contribution in [1.82, 2.24) is 10.2 Å². The molecule has 0 saturated heterocycles. The molecule has 0 saturated carbocycles. The molecule has 25 heavy (non-hydrogen) atoms. The zero-order chi connectivity index (χ0) is 18.2. The summed E-state index contributed by atoms with van der Waals surface area (Å²) in [5, 5.41) is 18.1. The van der Waals surface area contributed by atoms with Crippen LogP contribution in [0, 0.1) is 0 Å². The van der Waals surface area contributed by atoms with Crippen LogP contribution in [0.4, 0.5) is 5.69 Å². The molecule has 0 unspecified atom stereocenters. The van der Waals surface area contributed by atoms with Crippen LogP contribution in [0.25, 0.3) is 10.1 Å². The summed E-state index contributed by atoms with van der Waals surface area (Å²) in [6.45, 7) is 0. The fourth-order valence-electron chi connectivity index (χ4n) is 2.41. The van der Waals surface area contributed by atoms with E-state index >= 15 is 0 Å². The number of carbonyl (C=O) groups is 2. The molecule has 0 radical (unpaired) electrons. The van der Waals surface area contributed by atoms with E-state index in [0.29, 0.717) is 10.9 Å². The zero-order valence-corrected chi connectivity index (χ0v) is 14.6. The summed E-state index contributed by atoms with van der Waals surface area (Å²) in [4.78, 5) is 24.0. The second-order valence-corrected chi connectivity index (χ2v) is 8.59. The molecule has 10 heteroatoms. The molecular weight excluding hydrogens is 366 g/mol. The van der Waals surface area contributed by atoms with Crippen molar-refractivity contribution in [1.29, 1.82) is 0 Å². The second-order valence-electron chi connectivity index (χ2n) is 5.39. The number of aromatic carboxylic acids is 1. The number of nitrogens with zero attached hydrogens (tertiary/aromatic N) is 1. The van der Waals surface area contributed by atoms with Crippen LogP contribution in [0.2, 0.25) is 0 Å². The van der Waals surface area contributed by atoms with Crippen LogP contribution < -0.4 is 5.32 Å². The highest BCUT2D eigenvalue weighted by Gasteiger charge is 2.23. The molecule has 0 aliphatic carbocycles. The number of carboxylic acid groups (broad SMARTS) is 1. The predicted molar refractivity (Wildman–Crippen MR) is 93.9 cm³/mol. The number of thiophene rings is 1. The monoisotopic (exact) mass is 379 g/mol. The molecule has 1 amide bonds. The number of nitrogens with one attached hydrogen (secondary N) is 2. The number of benzene rings is 1. The number of rotatable bonds is 5. The molecule has 0 aliphatic heterocycles. The number of fused-ring (bicyclic) bond motifs is 1. The number of amides is 1. The fraction of sp³-hybridized carbons (Fsp3) is 0.133. The van der Waals surface area contributed by atoms with E-state index in [1.807, 2.05) is 0 Å². The molecule has 2 aromatic heterocycles. The standard InChI is InChI=1S/C15H13N3O5S2/c1-25(22,23)7-9-8-4-2-3-5-11(8)24-13(9)14(19)17-10-6-16-18-12(10)15(20)21/h2-6H,7H2,1H3,(H,16,18)(H,17,19)(H,20,21). The number of H-pyrrole nitrogens is 1. The maximum Gasteiger partial charge on any atom is 0.356 e. The molecule has 3 rings (SSSR count). The minimum absolute atomic E-state index is 0.0141. The van der Waals surface area contributed by atoms with Crippen LogP contribution in [0.5, 0.6) is 0 Å². The Balaban J connectivity index is 2.05. The lowest BCUT2D eigenvalue weighted by molar-refractivity contribution is 0.0691. The first-order valence-electron chi connectivity index (χ1n) is 7.02. The highest BCUT2D eigenvalue weighted by molar-refractivity contribution is 7.89. The minimum atomic E-state index is -3.36. The number of anilines is 1. The number of sulfone groups is 1. The summed E-state index contributed by atoms with van der Waals surface area (Å²) in [5.74, 6) is -2.12. The average molecular weight is 379 g/mol. The van der Waals surface area contributed by atoms with Crippen LogP contribution in [0.1, 0.15) is 25.7 Å². The van der Waals surface area contributed by atoms with Gasteiger partial charge in [-0.15, -0.1) is 11.3 Å². The fourth-order valence-corrected chi connectivity index (χ4v) is 4.44. The highest BCUT2D eigenvalue weighted by atomic mass is 32.2. The van der Waals surface area contributed by atoms with Crippen LogP contribution in [0.3, 0.4) is 0 Å². The van der Waals surface area contributed by atoms with Crippen LogP contribution in [-0.4, -0.2) is 41.9 Å². The SMILES string of the molecule is CS(=O)(=O)Cc1c(C(=O)Nc2cn[nH]c2C(=O)O)sc2ccccc12. The largest absolute Gasteiger partial charge is 0.476 e. The van der Waals surface area contributed by atoms with E-state index < -0.39 is 21.7 Å². The number of carboxylic acids is 1. The summed E-state index contributed by atoms with van der Waals surface area (Å²) in [7, 11) is -3.36. The Labute approximate surface area is 146 Å². The van der Waals surface area contributed by atoms with E-state index in [1.165, 1.54) is 6.20 Å². The average Bonchev–Trinajstić information content (AvgIpc) is 3.11. The minimum Gasteiger partial charge on any atom is -0.476 e. The lowest BCUT2D eigenvalue weighted by Crippen LogP contribution is -2.15. The number of carbonyl (C=O) groups excluding carboxylic acids is 1. The Kier molecular flexibility index (Phi) is 4.31. The van der Waals surface area contributed by atoms with Crippen molar-refractivity contribution >= 4 is 48.8 Å². The first-order valence-corrected chi connectivity index (χ1v) is 9.90. The summed E-state index contributed by atoms with van der Waals surface area (Å²) in [6.07, 6.45) is 2.28. The third-order valence-corrected chi connectivity index (χ3v) is 5.44. The van der Waals surface area contributed by atoms with Gasteiger partial charge in [0.1, 0.15) is 0 Å². The Morgan fingerprint density at radius 2 is 2.04 bits per heavy atom. The summed E-state index contributed by atoms with van der Waals surface area (Å²) in [5.41, 5.74) is 0.167. The van der Waals surface area contributed by atoms with E-state index in [-0.39, 0.29) is 22.0 Å². The van der Waals surface area contributed by atoms with Crippen LogP contribution >= 0.6 is 11.3 Å².